The van der Waals surface area contributed by atoms with Crippen molar-refractivity contribution >= 4 is 12.0 Å². The van der Waals surface area contributed by atoms with E-state index in [9.17, 15) is 10.1 Å². The molecule has 2 heterocycles. The molecule has 0 unspecified atom stereocenters. The van der Waals surface area contributed by atoms with Crippen LogP contribution in [0.25, 0.3) is 6.08 Å². The zero-order chi connectivity index (χ0) is 19.6. The summed E-state index contributed by atoms with van der Waals surface area (Å²) in [5.74, 6) is -0.201. The van der Waals surface area contributed by atoms with Gasteiger partial charge in [0.2, 0.25) is 0 Å². The molecule has 2 aliphatic rings. The summed E-state index contributed by atoms with van der Waals surface area (Å²) in [5.41, 5.74) is 3.15. The van der Waals surface area contributed by atoms with Crippen molar-refractivity contribution in [2.45, 2.75) is 71.4 Å². The molecule has 0 radical (unpaired) electrons. The van der Waals surface area contributed by atoms with Crippen molar-refractivity contribution in [3.05, 3.63) is 28.6 Å². The Hall–Kier alpha value is -2.06. The molecule has 146 valence electrons. The summed E-state index contributed by atoms with van der Waals surface area (Å²) in [6.45, 7) is 9.72. The third-order valence-electron chi connectivity index (χ3n) is 6.00. The fourth-order valence-electron chi connectivity index (χ4n) is 4.53. The molecule has 27 heavy (non-hydrogen) atoms. The van der Waals surface area contributed by atoms with Crippen molar-refractivity contribution in [3.8, 4) is 6.07 Å². The predicted molar refractivity (Wildman–Crippen MR) is 106 cm³/mol. The second kappa shape index (κ2) is 7.90. The van der Waals surface area contributed by atoms with Crippen molar-refractivity contribution in [1.29, 1.82) is 5.26 Å². The highest BCUT2D eigenvalue weighted by Crippen LogP contribution is 2.33. The summed E-state index contributed by atoms with van der Waals surface area (Å²) in [5, 5.41) is 9.67. The Kier molecular flexibility index (Phi) is 5.76. The van der Waals surface area contributed by atoms with E-state index in [1.165, 1.54) is 37.8 Å². The van der Waals surface area contributed by atoms with Crippen molar-refractivity contribution in [2.24, 2.45) is 0 Å². The maximum Gasteiger partial charge on any atom is 0.265 e. The van der Waals surface area contributed by atoms with E-state index in [-0.39, 0.29) is 11.5 Å². The third kappa shape index (κ3) is 3.96. The van der Waals surface area contributed by atoms with Gasteiger partial charge in [-0.25, -0.2) is 0 Å². The van der Waals surface area contributed by atoms with Gasteiger partial charge in [-0.2, -0.15) is 5.26 Å². The molecular weight excluding hydrogens is 338 g/mol. The Labute approximate surface area is 162 Å². The molecule has 1 aromatic heterocycles. The first kappa shape index (κ1) is 19.7. The molecule has 1 aliphatic carbocycles. The number of nitrogens with zero attached hydrogens (tertiary/aromatic N) is 3. The van der Waals surface area contributed by atoms with E-state index in [1.807, 2.05) is 13.8 Å². The maximum absolute atomic E-state index is 13.0. The van der Waals surface area contributed by atoms with Gasteiger partial charge in [-0.1, -0.05) is 19.3 Å². The van der Waals surface area contributed by atoms with Crippen LogP contribution < -0.4 is 0 Å². The van der Waals surface area contributed by atoms with Crippen molar-refractivity contribution in [3.63, 3.8) is 0 Å². The molecule has 0 spiro atoms. The highest BCUT2D eigenvalue weighted by molar-refractivity contribution is 6.02. The Bertz CT molecular complexity index is 776. The van der Waals surface area contributed by atoms with Crippen LogP contribution in [0, 0.1) is 25.2 Å². The summed E-state index contributed by atoms with van der Waals surface area (Å²) < 4.78 is 7.91. The molecule has 0 N–H and O–H groups in total. The molecule has 1 aliphatic heterocycles. The molecule has 2 fully saturated rings. The van der Waals surface area contributed by atoms with E-state index in [0.29, 0.717) is 25.8 Å². The summed E-state index contributed by atoms with van der Waals surface area (Å²) in [4.78, 5) is 14.8. The first-order valence-electron chi connectivity index (χ1n) is 10.0. The number of morpholine rings is 1. The van der Waals surface area contributed by atoms with E-state index < -0.39 is 5.54 Å². The minimum atomic E-state index is -0.399. The second-order valence-corrected chi connectivity index (χ2v) is 8.48. The maximum atomic E-state index is 13.0. The van der Waals surface area contributed by atoms with E-state index in [1.54, 1.807) is 11.0 Å². The minimum Gasteiger partial charge on any atom is -0.377 e. The van der Waals surface area contributed by atoms with Gasteiger partial charge in [0.05, 0.1) is 18.8 Å². The zero-order valence-electron chi connectivity index (χ0n) is 17.0. The quantitative estimate of drug-likeness (QED) is 0.594. The monoisotopic (exact) mass is 369 g/mol. The van der Waals surface area contributed by atoms with Crippen LogP contribution in [0.3, 0.4) is 0 Å². The molecular formula is C22H31N3O2. The van der Waals surface area contributed by atoms with E-state index in [2.05, 4.69) is 30.6 Å². The summed E-state index contributed by atoms with van der Waals surface area (Å²) in [6, 6.07) is 4.79. The van der Waals surface area contributed by atoms with Crippen molar-refractivity contribution < 1.29 is 9.53 Å². The molecule has 0 atom stereocenters. The number of hydrogen-bond acceptors (Lipinski definition) is 3. The molecule has 5 nitrogen and oxygen atoms in total. The number of carbonyl (C=O) groups excluding carboxylic acids is 1. The molecule has 1 aromatic rings. The number of amides is 1. The highest BCUT2D eigenvalue weighted by Gasteiger charge is 2.35. The van der Waals surface area contributed by atoms with Gasteiger partial charge in [-0.3, -0.25) is 4.79 Å². The van der Waals surface area contributed by atoms with Crippen LogP contribution >= 0.6 is 0 Å². The van der Waals surface area contributed by atoms with Crippen molar-refractivity contribution in [2.75, 3.05) is 19.8 Å². The van der Waals surface area contributed by atoms with Gasteiger partial charge in [0.25, 0.3) is 5.91 Å². The topological polar surface area (TPSA) is 58.3 Å². The van der Waals surface area contributed by atoms with Crippen LogP contribution in [0.5, 0.6) is 0 Å². The largest absolute Gasteiger partial charge is 0.377 e. The van der Waals surface area contributed by atoms with Crippen LogP contribution in [-0.4, -0.2) is 40.7 Å². The standard InChI is InChI=1S/C22H31N3O2/c1-16-12-18(17(2)25(16)20-8-6-5-7-9-20)13-19(14-23)21(26)24-10-11-27-15-22(24,3)4/h12-13,20H,5-11,15H2,1-4H3. The number of aromatic nitrogens is 1. The lowest BCUT2D eigenvalue weighted by Crippen LogP contribution is -2.55. The lowest BCUT2D eigenvalue weighted by Gasteiger charge is -2.41. The fraction of sp³-hybridized carbons (Fsp3) is 0.636. The van der Waals surface area contributed by atoms with Gasteiger partial charge in [-0.15, -0.1) is 0 Å². The Morgan fingerprint density at radius 1 is 1.30 bits per heavy atom. The normalized spacial score (nSPS) is 21.1. The fourth-order valence-corrected chi connectivity index (χ4v) is 4.53. The average Bonchev–Trinajstić information content (AvgIpc) is 2.92. The molecule has 1 saturated heterocycles. The number of rotatable bonds is 3. The average molecular weight is 370 g/mol. The van der Waals surface area contributed by atoms with Gasteiger partial charge in [0.15, 0.2) is 0 Å². The van der Waals surface area contributed by atoms with Gasteiger partial charge in [0, 0.05) is 24.0 Å². The van der Waals surface area contributed by atoms with Gasteiger partial charge >= 0.3 is 0 Å². The number of ether oxygens (including phenoxy) is 1. The van der Waals surface area contributed by atoms with Crippen molar-refractivity contribution in [1.82, 2.24) is 9.47 Å². The lowest BCUT2D eigenvalue weighted by atomic mass is 9.95. The molecule has 1 saturated carbocycles. The van der Waals surface area contributed by atoms with Crippen LogP contribution in [-0.2, 0) is 9.53 Å². The third-order valence-corrected chi connectivity index (χ3v) is 6.00. The first-order chi connectivity index (χ1) is 12.8. The van der Waals surface area contributed by atoms with E-state index >= 15 is 0 Å². The number of hydrogen-bond donors (Lipinski definition) is 0. The Morgan fingerprint density at radius 2 is 2.00 bits per heavy atom. The SMILES string of the molecule is Cc1cc(C=C(C#N)C(=O)N2CCOCC2(C)C)c(C)n1C1CCCCC1. The second-order valence-electron chi connectivity index (χ2n) is 8.48. The summed E-state index contributed by atoms with van der Waals surface area (Å²) >= 11 is 0. The lowest BCUT2D eigenvalue weighted by molar-refractivity contribution is -0.141. The number of carbonyl (C=O) groups is 1. The van der Waals surface area contributed by atoms with E-state index in [0.717, 1.165) is 11.3 Å². The Balaban J connectivity index is 1.90. The molecule has 0 aromatic carbocycles. The predicted octanol–water partition coefficient (Wildman–Crippen LogP) is 4.15. The van der Waals surface area contributed by atoms with E-state index in [4.69, 9.17) is 4.74 Å². The zero-order valence-corrected chi connectivity index (χ0v) is 17.0. The first-order valence-corrected chi connectivity index (χ1v) is 10.0. The van der Waals surface area contributed by atoms with Gasteiger partial charge in [-0.05, 0) is 58.2 Å². The highest BCUT2D eigenvalue weighted by atomic mass is 16.5. The minimum absolute atomic E-state index is 0.201. The van der Waals surface area contributed by atoms with Crippen LogP contribution in [0.1, 0.15) is 68.9 Å². The number of nitriles is 1. The summed E-state index contributed by atoms with van der Waals surface area (Å²) in [7, 11) is 0. The molecule has 3 rings (SSSR count). The van der Waals surface area contributed by atoms with Gasteiger partial charge < -0.3 is 14.2 Å². The molecule has 5 heteroatoms. The van der Waals surface area contributed by atoms with Crippen LogP contribution in [0.15, 0.2) is 11.6 Å². The smallest absolute Gasteiger partial charge is 0.265 e. The van der Waals surface area contributed by atoms with Crippen LogP contribution in [0.4, 0.5) is 0 Å². The van der Waals surface area contributed by atoms with Crippen LogP contribution in [0.2, 0.25) is 0 Å². The number of aryl methyl sites for hydroxylation is 1. The Morgan fingerprint density at radius 3 is 2.63 bits per heavy atom. The summed E-state index contributed by atoms with van der Waals surface area (Å²) in [6.07, 6.45) is 8.08. The molecule has 1 amide bonds. The molecule has 0 bridgehead atoms. The van der Waals surface area contributed by atoms with Gasteiger partial charge in [0.1, 0.15) is 11.6 Å².